The van der Waals surface area contributed by atoms with E-state index in [0.717, 1.165) is 17.7 Å². The van der Waals surface area contributed by atoms with Crippen LogP contribution >= 0.6 is 0 Å². The Morgan fingerprint density at radius 2 is 1.77 bits per heavy atom. The Morgan fingerprint density at radius 1 is 1.23 bits per heavy atom. The third kappa shape index (κ3) is 3.79. The van der Waals surface area contributed by atoms with E-state index in [2.05, 4.69) is 37.1 Å². The van der Waals surface area contributed by atoms with E-state index in [1.54, 1.807) is 0 Å². The molecule has 0 aliphatic heterocycles. The maximum atomic E-state index is 3.75. The van der Waals surface area contributed by atoms with Gasteiger partial charge in [-0.3, -0.25) is 0 Å². The minimum Gasteiger partial charge on any atom is -0.377 e. The lowest BCUT2D eigenvalue weighted by Gasteiger charge is -2.16. The fraction of sp³-hybridized carbons (Fsp3) is 0.333. The lowest BCUT2D eigenvalue weighted by Crippen LogP contribution is -2.10. The molecule has 0 heterocycles. The predicted octanol–water partition coefficient (Wildman–Crippen LogP) is 3.14. The van der Waals surface area contributed by atoms with Crippen LogP contribution in [0.25, 0.3) is 0 Å². The van der Waals surface area contributed by atoms with E-state index in [-0.39, 0.29) is 0 Å². The van der Waals surface area contributed by atoms with Crippen LogP contribution in [0.2, 0.25) is 0 Å². The Kier molecular flexibility index (Phi) is 5.69. The average molecular weight is 177 g/mol. The standard InChI is InChI=1S/C12H19N/c1-6-9-10-12(13(4)5)11(7-2)8-3/h7-10H,2-3,6H2,1,4-5H3/b10-9-. The van der Waals surface area contributed by atoms with Gasteiger partial charge in [-0.05, 0) is 18.1 Å². The van der Waals surface area contributed by atoms with Crippen molar-refractivity contribution in [1.29, 1.82) is 0 Å². The van der Waals surface area contributed by atoms with Crippen molar-refractivity contribution in [2.45, 2.75) is 13.3 Å². The third-order valence-corrected chi connectivity index (χ3v) is 1.73. The minimum atomic E-state index is 1.04. The highest BCUT2D eigenvalue weighted by atomic mass is 15.1. The maximum Gasteiger partial charge on any atom is 0.0430 e. The van der Waals surface area contributed by atoms with Crippen molar-refractivity contribution in [2.75, 3.05) is 14.1 Å². The van der Waals surface area contributed by atoms with Crippen molar-refractivity contribution in [2.24, 2.45) is 0 Å². The van der Waals surface area contributed by atoms with Gasteiger partial charge in [-0.25, -0.2) is 0 Å². The Labute approximate surface area is 81.8 Å². The zero-order valence-corrected chi connectivity index (χ0v) is 8.88. The van der Waals surface area contributed by atoms with Crippen molar-refractivity contribution in [3.8, 4) is 0 Å². The van der Waals surface area contributed by atoms with Gasteiger partial charge in [-0.15, -0.1) is 0 Å². The van der Waals surface area contributed by atoms with Gasteiger partial charge in [-0.1, -0.05) is 38.3 Å². The Balaban J connectivity index is 4.96. The highest BCUT2D eigenvalue weighted by Crippen LogP contribution is 2.11. The molecule has 1 heteroatoms. The summed E-state index contributed by atoms with van der Waals surface area (Å²) in [5.74, 6) is 0. The van der Waals surface area contributed by atoms with Gasteiger partial charge in [-0.2, -0.15) is 0 Å². The number of allylic oxidation sites excluding steroid dienone is 5. The van der Waals surface area contributed by atoms with Crippen LogP contribution in [0.3, 0.4) is 0 Å². The number of hydrogen-bond donors (Lipinski definition) is 0. The summed E-state index contributed by atoms with van der Waals surface area (Å²) >= 11 is 0. The topological polar surface area (TPSA) is 3.24 Å². The largest absolute Gasteiger partial charge is 0.377 e. The molecule has 0 N–H and O–H groups in total. The van der Waals surface area contributed by atoms with Crippen LogP contribution in [0.4, 0.5) is 0 Å². The lowest BCUT2D eigenvalue weighted by atomic mass is 10.1. The van der Waals surface area contributed by atoms with Gasteiger partial charge in [0.25, 0.3) is 0 Å². The van der Waals surface area contributed by atoms with E-state index in [4.69, 9.17) is 0 Å². The SMILES string of the molecule is C=CC(C=C)=C(/C=C\CC)N(C)C. The maximum absolute atomic E-state index is 3.75. The van der Waals surface area contributed by atoms with Crippen LogP contribution in [-0.2, 0) is 0 Å². The van der Waals surface area contributed by atoms with Crippen molar-refractivity contribution in [3.63, 3.8) is 0 Å². The first kappa shape index (κ1) is 11.8. The highest BCUT2D eigenvalue weighted by Gasteiger charge is 1.98. The molecule has 0 unspecified atom stereocenters. The summed E-state index contributed by atoms with van der Waals surface area (Å²) in [7, 11) is 4.03. The first-order valence-corrected chi connectivity index (χ1v) is 4.50. The predicted molar refractivity (Wildman–Crippen MR) is 60.5 cm³/mol. The summed E-state index contributed by atoms with van der Waals surface area (Å²) in [6.07, 6.45) is 8.91. The van der Waals surface area contributed by atoms with Gasteiger partial charge in [0, 0.05) is 19.8 Å². The molecular weight excluding hydrogens is 158 g/mol. The molecule has 0 saturated carbocycles. The molecule has 0 aromatic carbocycles. The Bertz CT molecular complexity index is 222. The third-order valence-electron chi connectivity index (χ3n) is 1.73. The van der Waals surface area contributed by atoms with Gasteiger partial charge >= 0.3 is 0 Å². The fourth-order valence-corrected chi connectivity index (χ4v) is 1.03. The van der Waals surface area contributed by atoms with Gasteiger partial charge in [0.1, 0.15) is 0 Å². The zero-order valence-electron chi connectivity index (χ0n) is 8.88. The van der Waals surface area contributed by atoms with Crippen LogP contribution in [0.15, 0.2) is 48.7 Å². The second kappa shape index (κ2) is 6.30. The summed E-state index contributed by atoms with van der Waals surface area (Å²) in [6, 6.07) is 0. The van der Waals surface area contributed by atoms with E-state index in [1.165, 1.54) is 0 Å². The number of nitrogens with zero attached hydrogens (tertiary/aromatic N) is 1. The van der Waals surface area contributed by atoms with Crippen LogP contribution < -0.4 is 0 Å². The fourth-order valence-electron chi connectivity index (χ4n) is 1.03. The smallest absolute Gasteiger partial charge is 0.0430 e. The van der Waals surface area contributed by atoms with E-state index < -0.39 is 0 Å². The van der Waals surface area contributed by atoms with Crippen molar-refractivity contribution >= 4 is 0 Å². The van der Waals surface area contributed by atoms with E-state index >= 15 is 0 Å². The van der Waals surface area contributed by atoms with Gasteiger partial charge in [0.15, 0.2) is 0 Å². The van der Waals surface area contributed by atoms with Crippen LogP contribution in [0.5, 0.6) is 0 Å². The molecule has 1 nitrogen and oxygen atoms in total. The Morgan fingerprint density at radius 3 is 2.08 bits per heavy atom. The first-order valence-electron chi connectivity index (χ1n) is 4.50. The summed E-state index contributed by atoms with van der Waals surface area (Å²) in [5.41, 5.74) is 2.21. The molecule has 0 aliphatic rings. The van der Waals surface area contributed by atoms with Crippen molar-refractivity contribution in [3.05, 3.63) is 48.7 Å². The molecule has 0 bridgehead atoms. The summed E-state index contributed by atoms with van der Waals surface area (Å²) in [6.45, 7) is 9.62. The zero-order chi connectivity index (χ0) is 10.3. The second-order valence-corrected chi connectivity index (χ2v) is 2.95. The highest BCUT2D eigenvalue weighted by molar-refractivity contribution is 5.38. The summed E-state index contributed by atoms with van der Waals surface area (Å²) < 4.78 is 0. The quantitative estimate of drug-likeness (QED) is 0.583. The molecule has 0 radical (unpaired) electrons. The van der Waals surface area contributed by atoms with Gasteiger partial charge < -0.3 is 4.90 Å². The number of rotatable bonds is 5. The van der Waals surface area contributed by atoms with Gasteiger partial charge in [0.2, 0.25) is 0 Å². The number of hydrogen-bond acceptors (Lipinski definition) is 1. The molecule has 0 rings (SSSR count). The number of likely N-dealkylation sites (N-methyl/N-ethyl adjacent to an activating group) is 1. The molecular formula is C12H19N. The van der Waals surface area contributed by atoms with Crippen LogP contribution in [0.1, 0.15) is 13.3 Å². The van der Waals surface area contributed by atoms with E-state index in [0.29, 0.717) is 0 Å². The molecule has 13 heavy (non-hydrogen) atoms. The minimum absolute atomic E-state index is 1.04. The normalized spacial score (nSPS) is 9.77. The monoisotopic (exact) mass is 177 g/mol. The van der Waals surface area contributed by atoms with Gasteiger partial charge in [0.05, 0.1) is 0 Å². The Hall–Kier alpha value is -1.24. The van der Waals surface area contributed by atoms with Crippen molar-refractivity contribution in [1.82, 2.24) is 4.90 Å². The second-order valence-electron chi connectivity index (χ2n) is 2.95. The molecule has 0 fully saturated rings. The summed E-state index contributed by atoms with van der Waals surface area (Å²) in [5, 5.41) is 0. The van der Waals surface area contributed by atoms with Crippen LogP contribution in [0, 0.1) is 0 Å². The molecule has 0 aromatic heterocycles. The van der Waals surface area contributed by atoms with Crippen molar-refractivity contribution < 1.29 is 0 Å². The average Bonchev–Trinajstić information content (AvgIpc) is 2.11. The van der Waals surface area contributed by atoms with E-state index in [9.17, 15) is 0 Å². The first-order chi connectivity index (χ1) is 6.17. The molecule has 72 valence electrons. The molecule has 0 atom stereocenters. The molecule has 0 aromatic rings. The summed E-state index contributed by atoms with van der Waals surface area (Å²) in [4.78, 5) is 2.06. The van der Waals surface area contributed by atoms with E-state index in [1.807, 2.05) is 26.2 Å². The molecule has 0 saturated heterocycles. The van der Waals surface area contributed by atoms with Crippen LogP contribution in [-0.4, -0.2) is 19.0 Å². The lowest BCUT2D eigenvalue weighted by molar-refractivity contribution is 0.526. The molecule has 0 spiro atoms. The molecule has 0 amide bonds. The molecule has 0 aliphatic carbocycles.